The summed E-state index contributed by atoms with van der Waals surface area (Å²) in [5, 5.41) is 1.68. The van der Waals surface area contributed by atoms with Crippen molar-refractivity contribution in [3.8, 4) is 0 Å². The first-order valence-electron chi connectivity index (χ1n) is 4.79. The lowest BCUT2D eigenvalue weighted by molar-refractivity contribution is -0.128. The summed E-state index contributed by atoms with van der Waals surface area (Å²) in [5.41, 5.74) is 5.01. The average molecular weight is 255 g/mol. The molecular weight excluding hydrogens is 243 g/mol. The Hall–Kier alpha value is -1.51. The number of nitrogens with two attached hydrogens (primary N) is 1. The second kappa shape index (κ2) is 5.21. The zero-order valence-electron chi connectivity index (χ0n) is 8.79. The summed E-state index contributed by atoms with van der Waals surface area (Å²) in [4.78, 5) is 23.3. The molecule has 6 nitrogen and oxygen atoms in total. The zero-order chi connectivity index (χ0) is 13.1. The van der Waals surface area contributed by atoms with Crippen molar-refractivity contribution in [2.24, 2.45) is 5.73 Å². The van der Waals surface area contributed by atoms with E-state index in [9.17, 15) is 22.8 Å². The maximum Gasteiger partial charge on any atom is 0.405 e. The number of primary amides is 1. The van der Waals surface area contributed by atoms with Crippen LogP contribution in [-0.4, -0.2) is 55.4 Å². The molecule has 0 aromatic heterocycles. The molecule has 1 unspecified atom stereocenters. The van der Waals surface area contributed by atoms with E-state index in [0.29, 0.717) is 0 Å². The SMILES string of the molecule is NC(=O)C1COCCN1C(=O)NCC(F)(F)F. The number of nitrogens with one attached hydrogen (secondary N) is 1. The lowest BCUT2D eigenvalue weighted by atomic mass is 10.2. The number of hydrogen-bond acceptors (Lipinski definition) is 3. The Labute approximate surface area is 94.9 Å². The van der Waals surface area contributed by atoms with Gasteiger partial charge in [-0.25, -0.2) is 4.79 Å². The first-order valence-corrected chi connectivity index (χ1v) is 4.79. The molecule has 3 N–H and O–H groups in total. The van der Waals surface area contributed by atoms with Gasteiger partial charge in [0.15, 0.2) is 0 Å². The Kier molecular flexibility index (Phi) is 4.16. The fraction of sp³-hybridized carbons (Fsp3) is 0.750. The third-order valence-corrected chi connectivity index (χ3v) is 2.16. The number of halogens is 3. The Morgan fingerprint density at radius 1 is 1.47 bits per heavy atom. The van der Waals surface area contributed by atoms with Crippen molar-refractivity contribution in [1.29, 1.82) is 0 Å². The fourth-order valence-corrected chi connectivity index (χ4v) is 1.36. The van der Waals surface area contributed by atoms with Crippen LogP contribution in [-0.2, 0) is 9.53 Å². The summed E-state index contributed by atoms with van der Waals surface area (Å²) >= 11 is 0. The van der Waals surface area contributed by atoms with Crippen molar-refractivity contribution in [2.75, 3.05) is 26.3 Å². The number of alkyl halides is 3. The van der Waals surface area contributed by atoms with Gasteiger partial charge in [-0.3, -0.25) is 4.79 Å². The van der Waals surface area contributed by atoms with E-state index in [1.54, 1.807) is 5.32 Å². The second-order valence-corrected chi connectivity index (χ2v) is 3.46. The van der Waals surface area contributed by atoms with Crippen LogP contribution in [0.4, 0.5) is 18.0 Å². The first-order chi connectivity index (χ1) is 7.81. The number of carbonyl (C=O) groups is 2. The van der Waals surface area contributed by atoms with Crippen molar-refractivity contribution < 1.29 is 27.5 Å². The number of hydrogen-bond donors (Lipinski definition) is 2. The van der Waals surface area contributed by atoms with Crippen LogP contribution in [0.5, 0.6) is 0 Å². The summed E-state index contributed by atoms with van der Waals surface area (Å²) in [5.74, 6) is -0.813. The number of amides is 3. The molecule has 0 bridgehead atoms. The predicted molar refractivity (Wildman–Crippen MR) is 50.0 cm³/mol. The summed E-state index contributed by atoms with van der Waals surface area (Å²) in [6.07, 6.45) is -4.50. The highest BCUT2D eigenvalue weighted by atomic mass is 19.4. The number of urea groups is 1. The highest BCUT2D eigenvalue weighted by molar-refractivity contribution is 5.86. The highest BCUT2D eigenvalue weighted by Gasteiger charge is 2.34. The minimum Gasteiger partial charge on any atom is -0.377 e. The Balaban J connectivity index is 2.56. The quantitative estimate of drug-likeness (QED) is 0.694. The Morgan fingerprint density at radius 2 is 2.12 bits per heavy atom. The second-order valence-electron chi connectivity index (χ2n) is 3.46. The summed E-state index contributed by atoms with van der Waals surface area (Å²) < 4.78 is 40.6. The fourth-order valence-electron chi connectivity index (χ4n) is 1.36. The molecule has 3 amide bonds. The van der Waals surface area contributed by atoms with Gasteiger partial charge in [0.2, 0.25) is 5.91 Å². The predicted octanol–water partition coefficient (Wildman–Crippen LogP) is -0.556. The molecule has 1 fully saturated rings. The van der Waals surface area contributed by atoms with Crippen molar-refractivity contribution in [1.82, 2.24) is 10.2 Å². The molecule has 9 heteroatoms. The molecule has 1 rings (SSSR count). The first kappa shape index (κ1) is 13.6. The van der Waals surface area contributed by atoms with Crippen LogP contribution in [0.3, 0.4) is 0 Å². The van der Waals surface area contributed by atoms with Crippen molar-refractivity contribution in [2.45, 2.75) is 12.2 Å². The highest BCUT2D eigenvalue weighted by Crippen LogP contribution is 2.13. The number of nitrogens with zero attached hydrogens (tertiary/aromatic N) is 1. The van der Waals surface area contributed by atoms with Crippen LogP contribution < -0.4 is 11.1 Å². The maximum atomic E-state index is 11.9. The summed E-state index contributed by atoms with van der Waals surface area (Å²) in [6.45, 7) is -1.37. The molecule has 1 heterocycles. The van der Waals surface area contributed by atoms with Gasteiger partial charge < -0.3 is 20.7 Å². The maximum absolute atomic E-state index is 11.9. The molecule has 1 aliphatic rings. The van der Waals surface area contributed by atoms with Crippen LogP contribution in [0, 0.1) is 0 Å². The van der Waals surface area contributed by atoms with E-state index in [-0.39, 0.29) is 19.8 Å². The van der Waals surface area contributed by atoms with Crippen LogP contribution in [0.2, 0.25) is 0 Å². The van der Waals surface area contributed by atoms with Gasteiger partial charge in [0, 0.05) is 6.54 Å². The van der Waals surface area contributed by atoms with Crippen LogP contribution in [0.15, 0.2) is 0 Å². The van der Waals surface area contributed by atoms with Gasteiger partial charge in [0.1, 0.15) is 12.6 Å². The standard InChI is InChI=1S/C8H12F3N3O3/c9-8(10,11)4-13-7(16)14-1-2-17-3-5(14)6(12)15/h5H,1-4H2,(H2,12,15)(H,13,16). The van der Waals surface area contributed by atoms with E-state index in [4.69, 9.17) is 10.5 Å². The minimum absolute atomic E-state index is 0.0251. The number of morpholine rings is 1. The number of rotatable bonds is 2. The summed E-state index contributed by atoms with van der Waals surface area (Å²) in [7, 11) is 0. The molecule has 98 valence electrons. The van der Waals surface area contributed by atoms with Gasteiger partial charge in [-0.05, 0) is 0 Å². The summed E-state index contributed by atoms with van der Waals surface area (Å²) in [6, 6.07) is -2.01. The number of ether oxygens (including phenoxy) is 1. The van der Waals surface area contributed by atoms with E-state index in [2.05, 4.69) is 0 Å². The van der Waals surface area contributed by atoms with E-state index < -0.39 is 30.7 Å². The topological polar surface area (TPSA) is 84.7 Å². The van der Waals surface area contributed by atoms with Gasteiger partial charge in [0.05, 0.1) is 13.2 Å². The molecule has 17 heavy (non-hydrogen) atoms. The average Bonchev–Trinajstić information content (AvgIpc) is 2.25. The van der Waals surface area contributed by atoms with Crippen LogP contribution in [0.1, 0.15) is 0 Å². The van der Waals surface area contributed by atoms with E-state index in [1.807, 2.05) is 0 Å². The zero-order valence-corrected chi connectivity index (χ0v) is 8.79. The van der Waals surface area contributed by atoms with Crippen LogP contribution >= 0.6 is 0 Å². The molecule has 0 aliphatic carbocycles. The Morgan fingerprint density at radius 3 is 2.65 bits per heavy atom. The van der Waals surface area contributed by atoms with E-state index >= 15 is 0 Å². The third kappa shape index (κ3) is 4.10. The molecule has 1 saturated heterocycles. The monoisotopic (exact) mass is 255 g/mol. The molecule has 0 aromatic carbocycles. The normalized spacial score (nSPS) is 21.1. The van der Waals surface area contributed by atoms with Gasteiger partial charge in [0.25, 0.3) is 0 Å². The molecule has 0 radical (unpaired) electrons. The largest absolute Gasteiger partial charge is 0.405 e. The van der Waals surface area contributed by atoms with Gasteiger partial charge in [-0.1, -0.05) is 0 Å². The third-order valence-electron chi connectivity index (χ3n) is 2.16. The van der Waals surface area contributed by atoms with Crippen molar-refractivity contribution in [3.63, 3.8) is 0 Å². The smallest absolute Gasteiger partial charge is 0.377 e. The lowest BCUT2D eigenvalue weighted by Crippen LogP contribution is -2.58. The van der Waals surface area contributed by atoms with Crippen molar-refractivity contribution >= 4 is 11.9 Å². The number of carbonyl (C=O) groups excluding carboxylic acids is 2. The van der Waals surface area contributed by atoms with E-state index in [0.717, 1.165) is 4.90 Å². The molecule has 1 atom stereocenters. The minimum atomic E-state index is -4.50. The molecule has 0 aromatic rings. The van der Waals surface area contributed by atoms with Gasteiger partial charge in [-0.15, -0.1) is 0 Å². The molecule has 0 spiro atoms. The van der Waals surface area contributed by atoms with Crippen LogP contribution in [0.25, 0.3) is 0 Å². The van der Waals surface area contributed by atoms with Gasteiger partial charge in [-0.2, -0.15) is 13.2 Å². The van der Waals surface area contributed by atoms with Gasteiger partial charge >= 0.3 is 12.2 Å². The van der Waals surface area contributed by atoms with E-state index in [1.165, 1.54) is 0 Å². The molecule has 1 aliphatic heterocycles. The lowest BCUT2D eigenvalue weighted by Gasteiger charge is -2.33. The molecule has 0 saturated carbocycles. The Bertz CT molecular complexity index is 308. The molecular formula is C8H12F3N3O3. The van der Waals surface area contributed by atoms with Crippen molar-refractivity contribution in [3.05, 3.63) is 0 Å².